The second kappa shape index (κ2) is 6.97. The Labute approximate surface area is 109 Å². The fourth-order valence-corrected chi connectivity index (χ4v) is 1.78. The molecule has 1 rings (SSSR count). The molecule has 98 valence electrons. The molecule has 0 radical (unpaired) electrons. The lowest BCUT2D eigenvalue weighted by molar-refractivity contribution is -0.146. The minimum absolute atomic E-state index is 0.112. The third-order valence-corrected chi connectivity index (χ3v) is 3.17. The lowest BCUT2D eigenvalue weighted by Gasteiger charge is -2.30. The molecule has 0 aliphatic rings. The van der Waals surface area contributed by atoms with E-state index in [1.165, 1.54) is 6.08 Å². The largest absolute Gasteiger partial charge is 0.453 e. The summed E-state index contributed by atoms with van der Waals surface area (Å²) >= 11 is 0. The van der Waals surface area contributed by atoms with Gasteiger partial charge in [0.15, 0.2) is 0 Å². The highest BCUT2D eigenvalue weighted by atomic mass is 16.5. The topological polar surface area (TPSA) is 29.5 Å². The number of benzene rings is 1. The minimum atomic E-state index is -0.389. The van der Waals surface area contributed by atoms with Gasteiger partial charge in [-0.2, -0.15) is 0 Å². The van der Waals surface area contributed by atoms with Crippen LogP contribution in [0.1, 0.15) is 25.5 Å². The molecule has 0 saturated heterocycles. The summed E-state index contributed by atoms with van der Waals surface area (Å²) in [6.07, 6.45) is 0.927. The van der Waals surface area contributed by atoms with Crippen molar-refractivity contribution >= 4 is 5.97 Å². The number of hydrogen-bond acceptors (Lipinski definition) is 3. The van der Waals surface area contributed by atoms with Gasteiger partial charge in [0.1, 0.15) is 6.10 Å². The Balaban J connectivity index is 2.95. The molecule has 0 spiro atoms. The standard InChI is InChI=1S/C15H21NO2/c1-5-14(17)18-15(12(3)16(4)6-2)13-10-8-7-9-11-13/h5,7-12,15H,1,6H2,2-4H3. The number of rotatable bonds is 6. The number of ether oxygens (including phenoxy) is 1. The maximum absolute atomic E-state index is 11.5. The van der Waals surface area contributed by atoms with Gasteiger partial charge < -0.3 is 4.74 Å². The van der Waals surface area contributed by atoms with Crippen LogP contribution >= 0.6 is 0 Å². The first-order valence-corrected chi connectivity index (χ1v) is 6.18. The van der Waals surface area contributed by atoms with E-state index in [1.807, 2.05) is 37.4 Å². The van der Waals surface area contributed by atoms with Crippen molar-refractivity contribution in [1.82, 2.24) is 4.90 Å². The van der Waals surface area contributed by atoms with Gasteiger partial charge in [0.2, 0.25) is 0 Å². The molecule has 0 amide bonds. The number of esters is 1. The van der Waals surface area contributed by atoms with Gasteiger partial charge in [-0.1, -0.05) is 43.8 Å². The van der Waals surface area contributed by atoms with Crippen molar-refractivity contribution in [3.05, 3.63) is 48.6 Å². The maximum atomic E-state index is 11.5. The molecule has 2 unspecified atom stereocenters. The first-order chi connectivity index (χ1) is 8.60. The van der Waals surface area contributed by atoms with E-state index in [1.54, 1.807) is 0 Å². The minimum Gasteiger partial charge on any atom is -0.453 e. The highest BCUT2D eigenvalue weighted by Gasteiger charge is 2.25. The first kappa shape index (κ1) is 14.5. The molecule has 0 saturated carbocycles. The third kappa shape index (κ3) is 3.70. The number of likely N-dealkylation sites (N-methyl/N-ethyl adjacent to an activating group) is 1. The molecule has 3 heteroatoms. The number of hydrogen-bond donors (Lipinski definition) is 0. The van der Waals surface area contributed by atoms with Gasteiger partial charge in [-0.25, -0.2) is 4.79 Å². The summed E-state index contributed by atoms with van der Waals surface area (Å²) < 4.78 is 5.47. The zero-order valence-corrected chi connectivity index (χ0v) is 11.3. The van der Waals surface area contributed by atoms with Crippen molar-refractivity contribution in [2.45, 2.75) is 26.0 Å². The van der Waals surface area contributed by atoms with Gasteiger partial charge in [0.25, 0.3) is 0 Å². The van der Waals surface area contributed by atoms with E-state index in [0.717, 1.165) is 12.1 Å². The van der Waals surface area contributed by atoms with Gasteiger partial charge in [-0.15, -0.1) is 0 Å². The van der Waals surface area contributed by atoms with Crippen LogP contribution < -0.4 is 0 Å². The van der Waals surface area contributed by atoms with Crippen LogP contribution in [-0.4, -0.2) is 30.5 Å². The molecule has 0 N–H and O–H groups in total. The average Bonchev–Trinajstić information content (AvgIpc) is 2.43. The van der Waals surface area contributed by atoms with Gasteiger partial charge in [-0.3, -0.25) is 4.90 Å². The Kier molecular flexibility index (Phi) is 5.59. The second-order valence-electron chi connectivity index (χ2n) is 4.29. The Bertz CT molecular complexity index is 389. The number of nitrogens with zero attached hydrogens (tertiary/aromatic N) is 1. The molecule has 2 atom stereocenters. The Morgan fingerprint density at radius 3 is 2.56 bits per heavy atom. The highest BCUT2D eigenvalue weighted by molar-refractivity contribution is 5.81. The lowest BCUT2D eigenvalue weighted by atomic mass is 10.0. The van der Waals surface area contributed by atoms with Crippen LogP contribution in [0.2, 0.25) is 0 Å². The quantitative estimate of drug-likeness (QED) is 0.572. The molecule has 18 heavy (non-hydrogen) atoms. The van der Waals surface area contributed by atoms with E-state index in [4.69, 9.17) is 4.74 Å². The molecule has 1 aromatic carbocycles. The van der Waals surface area contributed by atoms with Crippen molar-refractivity contribution in [3.8, 4) is 0 Å². The second-order valence-corrected chi connectivity index (χ2v) is 4.29. The average molecular weight is 247 g/mol. The number of carbonyl (C=O) groups excluding carboxylic acids is 1. The van der Waals surface area contributed by atoms with Crippen LogP contribution in [0.3, 0.4) is 0 Å². The smallest absolute Gasteiger partial charge is 0.330 e. The molecule has 0 fully saturated rings. The van der Waals surface area contributed by atoms with Crippen LogP contribution in [0.15, 0.2) is 43.0 Å². The van der Waals surface area contributed by atoms with E-state index in [0.29, 0.717) is 0 Å². The summed E-state index contributed by atoms with van der Waals surface area (Å²) in [6, 6.07) is 9.90. The predicted octanol–water partition coefficient (Wildman–Crippen LogP) is 2.80. The van der Waals surface area contributed by atoms with Gasteiger partial charge in [0, 0.05) is 12.1 Å². The van der Waals surface area contributed by atoms with E-state index < -0.39 is 0 Å². The summed E-state index contributed by atoms with van der Waals surface area (Å²) in [5.74, 6) is -0.389. The third-order valence-electron chi connectivity index (χ3n) is 3.17. The molecular formula is C15H21NO2. The van der Waals surface area contributed by atoms with Crippen LogP contribution in [0.5, 0.6) is 0 Å². The van der Waals surface area contributed by atoms with Crippen molar-refractivity contribution in [3.63, 3.8) is 0 Å². The normalized spacial score (nSPS) is 14.0. The Morgan fingerprint density at radius 2 is 2.06 bits per heavy atom. The molecule has 1 aromatic rings. The highest BCUT2D eigenvalue weighted by Crippen LogP contribution is 2.24. The molecule has 0 aliphatic carbocycles. The van der Waals surface area contributed by atoms with Crippen molar-refractivity contribution in [2.75, 3.05) is 13.6 Å². The molecule has 0 bridgehead atoms. The zero-order chi connectivity index (χ0) is 13.5. The SMILES string of the molecule is C=CC(=O)OC(c1ccccc1)C(C)N(C)CC. The molecule has 0 aromatic heterocycles. The van der Waals surface area contributed by atoms with Crippen LogP contribution in [-0.2, 0) is 9.53 Å². The van der Waals surface area contributed by atoms with E-state index in [-0.39, 0.29) is 18.1 Å². The zero-order valence-electron chi connectivity index (χ0n) is 11.3. The monoisotopic (exact) mass is 247 g/mol. The molecule has 3 nitrogen and oxygen atoms in total. The van der Waals surface area contributed by atoms with Crippen LogP contribution in [0.25, 0.3) is 0 Å². The molecule has 0 heterocycles. The van der Waals surface area contributed by atoms with E-state index >= 15 is 0 Å². The fourth-order valence-electron chi connectivity index (χ4n) is 1.78. The Hall–Kier alpha value is -1.61. The molecule has 0 aliphatic heterocycles. The first-order valence-electron chi connectivity index (χ1n) is 6.18. The van der Waals surface area contributed by atoms with Crippen LogP contribution in [0, 0.1) is 0 Å². The summed E-state index contributed by atoms with van der Waals surface area (Å²) in [7, 11) is 2.02. The van der Waals surface area contributed by atoms with Gasteiger partial charge in [0.05, 0.1) is 0 Å². The maximum Gasteiger partial charge on any atom is 0.330 e. The van der Waals surface area contributed by atoms with Crippen molar-refractivity contribution in [2.24, 2.45) is 0 Å². The summed E-state index contributed by atoms with van der Waals surface area (Å²) in [5.41, 5.74) is 1.00. The fraction of sp³-hybridized carbons (Fsp3) is 0.400. The van der Waals surface area contributed by atoms with Crippen molar-refractivity contribution < 1.29 is 9.53 Å². The van der Waals surface area contributed by atoms with Crippen molar-refractivity contribution in [1.29, 1.82) is 0 Å². The van der Waals surface area contributed by atoms with E-state index in [2.05, 4.69) is 25.3 Å². The van der Waals surface area contributed by atoms with E-state index in [9.17, 15) is 4.79 Å². The molecular weight excluding hydrogens is 226 g/mol. The summed E-state index contributed by atoms with van der Waals surface area (Å²) in [5, 5.41) is 0. The number of carbonyl (C=O) groups is 1. The predicted molar refractivity (Wildman–Crippen MR) is 73.2 cm³/mol. The Morgan fingerprint density at radius 1 is 1.44 bits per heavy atom. The lowest BCUT2D eigenvalue weighted by Crippen LogP contribution is -2.36. The van der Waals surface area contributed by atoms with Gasteiger partial charge in [-0.05, 0) is 26.1 Å². The van der Waals surface area contributed by atoms with Crippen LogP contribution in [0.4, 0.5) is 0 Å². The summed E-state index contributed by atoms with van der Waals surface area (Å²) in [4.78, 5) is 13.6. The van der Waals surface area contributed by atoms with Gasteiger partial charge >= 0.3 is 5.97 Å². The summed E-state index contributed by atoms with van der Waals surface area (Å²) in [6.45, 7) is 8.47.